The Labute approximate surface area is 150 Å². The second-order valence-corrected chi connectivity index (χ2v) is 5.63. The molecule has 0 spiro atoms. The fourth-order valence-corrected chi connectivity index (χ4v) is 2.03. The predicted octanol–water partition coefficient (Wildman–Crippen LogP) is 1.97. The fourth-order valence-electron chi connectivity index (χ4n) is 2.03. The zero-order valence-electron chi connectivity index (χ0n) is 14.2. The van der Waals surface area contributed by atoms with Gasteiger partial charge in [0, 0.05) is 6.92 Å². The minimum absolute atomic E-state index is 0.237. The molecule has 0 aliphatic carbocycles. The van der Waals surface area contributed by atoms with Crippen LogP contribution >= 0.6 is 0 Å². The third kappa shape index (κ3) is 5.71. The second-order valence-electron chi connectivity index (χ2n) is 5.63. The van der Waals surface area contributed by atoms with E-state index < -0.39 is 23.6 Å². The highest BCUT2D eigenvalue weighted by Crippen LogP contribution is 2.24. The molecule has 0 saturated carbocycles. The number of carboxylic acids is 1. The molecule has 7 heteroatoms. The van der Waals surface area contributed by atoms with Crippen LogP contribution in [-0.2, 0) is 20.8 Å². The summed E-state index contributed by atoms with van der Waals surface area (Å²) < 4.78 is 10.9. The summed E-state index contributed by atoms with van der Waals surface area (Å²) in [6.45, 7) is 0.902. The summed E-state index contributed by atoms with van der Waals surface area (Å²) in [6.07, 6.45) is 0.237. The predicted molar refractivity (Wildman–Crippen MR) is 93.5 cm³/mol. The third-order valence-electron chi connectivity index (χ3n) is 3.52. The van der Waals surface area contributed by atoms with Crippen molar-refractivity contribution in [2.45, 2.75) is 19.4 Å². The molecule has 0 amide bonds. The van der Waals surface area contributed by atoms with Gasteiger partial charge in [-0.3, -0.25) is 14.4 Å². The number of nitrogens with two attached hydrogens (primary N) is 1. The van der Waals surface area contributed by atoms with Gasteiger partial charge in [-0.25, -0.2) is 0 Å². The van der Waals surface area contributed by atoms with Gasteiger partial charge in [-0.15, -0.1) is 0 Å². The SMILES string of the molecule is CC(=O)C(=O)COc1ccc(Oc2ccc(CC(N)C(=O)O)cc2)cc1. The normalized spacial score (nSPS) is 11.5. The fraction of sp³-hybridized carbons (Fsp3) is 0.211. The van der Waals surface area contributed by atoms with Crippen molar-refractivity contribution in [3.05, 3.63) is 54.1 Å². The molecule has 7 nitrogen and oxygen atoms in total. The molecule has 0 aliphatic heterocycles. The molecule has 136 valence electrons. The molecule has 0 fully saturated rings. The van der Waals surface area contributed by atoms with E-state index in [0.29, 0.717) is 17.2 Å². The van der Waals surface area contributed by atoms with E-state index in [1.165, 1.54) is 6.92 Å². The lowest BCUT2D eigenvalue weighted by molar-refractivity contribution is -0.138. The van der Waals surface area contributed by atoms with Crippen LogP contribution in [0.25, 0.3) is 0 Å². The van der Waals surface area contributed by atoms with Gasteiger partial charge in [0.05, 0.1) is 0 Å². The van der Waals surface area contributed by atoms with E-state index in [2.05, 4.69) is 0 Å². The van der Waals surface area contributed by atoms with Crippen LogP contribution in [-0.4, -0.2) is 35.3 Å². The van der Waals surface area contributed by atoms with Crippen molar-refractivity contribution in [3.63, 3.8) is 0 Å². The van der Waals surface area contributed by atoms with Crippen LogP contribution in [0.4, 0.5) is 0 Å². The summed E-state index contributed by atoms with van der Waals surface area (Å²) >= 11 is 0. The summed E-state index contributed by atoms with van der Waals surface area (Å²) in [5.74, 6) is -0.586. The van der Waals surface area contributed by atoms with Crippen LogP contribution in [0.2, 0.25) is 0 Å². The summed E-state index contributed by atoms with van der Waals surface area (Å²) in [5, 5.41) is 8.82. The highest BCUT2D eigenvalue weighted by molar-refractivity contribution is 6.36. The van der Waals surface area contributed by atoms with E-state index in [-0.39, 0.29) is 13.0 Å². The molecule has 0 heterocycles. The molecule has 0 aliphatic rings. The number of hydrogen-bond acceptors (Lipinski definition) is 6. The number of ketones is 2. The summed E-state index contributed by atoms with van der Waals surface area (Å²) in [4.78, 5) is 32.8. The van der Waals surface area contributed by atoms with Crippen molar-refractivity contribution in [2.75, 3.05) is 6.61 Å². The van der Waals surface area contributed by atoms with E-state index in [1.54, 1.807) is 48.5 Å². The zero-order valence-corrected chi connectivity index (χ0v) is 14.2. The molecule has 0 saturated heterocycles. The van der Waals surface area contributed by atoms with Crippen LogP contribution in [0.5, 0.6) is 17.2 Å². The lowest BCUT2D eigenvalue weighted by Gasteiger charge is -2.09. The Balaban J connectivity index is 1.91. The molecule has 0 bridgehead atoms. The smallest absolute Gasteiger partial charge is 0.320 e. The second kappa shape index (κ2) is 8.77. The number of carbonyl (C=O) groups excluding carboxylic acids is 2. The maximum absolute atomic E-state index is 11.2. The average molecular weight is 357 g/mol. The number of aliphatic carboxylic acids is 1. The summed E-state index contributed by atoms with van der Waals surface area (Å²) in [5.41, 5.74) is 6.30. The standard InChI is InChI=1S/C19H19NO6/c1-12(21)18(22)11-25-14-6-8-16(9-7-14)26-15-4-2-13(3-5-15)10-17(20)19(23)24/h2-9,17H,10-11,20H2,1H3,(H,23,24). The first kappa shape index (κ1) is 19.1. The number of rotatable bonds is 9. The van der Waals surface area contributed by atoms with Crippen molar-refractivity contribution in [1.82, 2.24) is 0 Å². The van der Waals surface area contributed by atoms with Crippen molar-refractivity contribution in [3.8, 4) is 17.2 Å². The number of benzene rings is 2. The van der Waals surface area contributed by atoms with E-state index >= 15 is 0 Å². The van der Waals surface area contributed by atoms with Crippen molar-refractivity contribution in [2.24, 2.45) is 5.73 Å². The van der Waals surface area contributed by atoms with E-state index in [1.807, 2.05) is 0 Å². The highest BCUT2D eigenvalue weighted by atomic mass is 16.5. The Morgan fingerprint density at radius 2 is 1.46 bits per heavy atom. The van der Waals surface area contributed by atoms with Gasteiger partial charge in [0.15, 0.2) is 12.4 Å². The average Bonchev–Trinajstić information content (AvgIpc) is 2.62. The Morgan fingerprint density at radius 1 is 0.962 bits per heavy atom. The van der Waals surface area contributed by atoms with Gasteiger partial charge in [0.25, 0.3) is 0 Å². The molecule has 1 atom stereocenters. The topological polar surface area (TPSA) is 116 Å². The van der Waals surface area contributed by atoms with Gasteiger partial charge in [0.2, 0.25) is 5.78 Å². The van der Waals surface area contributed by atoms with Crippen molar-refractivity contribution < 1.29 is 29.0 Å². The lowest BCUT2D eigenvalue weighted by Crippen LogP contribution is -2.32. The van der Waals surface area contributed by atoms with Gasteiger partial charge < -0.3 is 20.3 Å². The maximum Gasteiger partial charge on any atom is 0.320 e. The van der Waals surface area contributed by atoms with E-state index in [4.69, 9.17) is 20.3 Å². The lowest BCUT2D eigenvalue weighted by atomic mass is 10.1. The maximum atomic E-state index is 11.2. The minimum atomic E-state index is -1.04. The molecule has 0 radical (unpaired) electrons. The number of ether oxygens (including phenoxy) is 2. The molecule has 1 unspecified atom stereocenters. The molecule has 2 aromatic carbocycles. The van der Waals surface area contributed by atoms with E-state index in [9.17, 15) is 14.4 Å². The van der Waals surface area contributed by atoms with Crippen LogP contribution in [0.1, 0.15) is 12.5 Å². The highest BCUT2D eigenvalue weighted by Gasteiger charge is 2.12. The molecular weight excluding hydrogens is 338 g/mol. The van der Waals surface area contributed by atoms with Crippen LogP contribution in [0.15, 0.2) is 48.5 Å². The molecule has 0 aromatic heterocycles. The van der Waals surface area contributed by atoms with Crippen LogP contribution in [0.3, 0.4) is 0 Å². The summed E-state index contributed by atoms with van der Waals surface area (Å²) in [6, 6.07) is 12.6. The monoisotopic (exact) mass is 357 g/mol. The largest absolute Gasteiger partial charge is 0.485 e. The number of Topliss-reactive ketones (excluding diaryl/α,β-unsaturated/α-hetero) is 2. The zero-order chi connectivity index (χ0) is 19.1. The van der Waals surface area contributed by atoms with Gasteiger partial charge in [-0.05, 0) is 48.4 Å². The number of carbonyl (C=O) groups is 3. The van der Waals surface area contributed by atoms with Gasteiger partial charge in [-0.2, -0.15) is 0 Å². The molecule has 2 rings (SSSR count). The Hall–Kier alpha value is -3.19. The van der Waals surface area contributed by atoms with Crippen LogP contribution in [0, 0.1) is 0 Å². The Morgan fingerprint density at radius 3 is 1.96 bits per heavy atom. The summed E-state index contributed by atoms with van der Waals surface area (Å²) in [7, 11) is 0. The van der Waals surface area contributed by atoms with Crippen molar-refractivity contribution >= 4 is 17.5 Å². The molecule has 2 aromatic rings. The van der Waals surface area contributed by atoms with Crippen LogP contribution < -0.4 is 15.2 Å². The first-order chi connectivity index (χ1) is 12.3. The first-order valence-electron chi connectivity index (χ1n) is 7.87. The quantitative estimate of drug-likeness (QED) is 0.659. The van der Waals surface area contributed by atoms with Gasteiger partial charge in [-0.1, -0.05) is 12.1 Å². The van der Waals surface area contributed by atoms with E-state index in [0.717, 1.165) is 5.56 Å². The first-order valence-corrected chi connectivity index (χ1v) is 7.87. The molecule has 3 N–H and O–H groups in total. The third-order valence-corrected chi connectivity index (χ3v) is 3.52. The van der Waals surface area contributed by atoms with Crippen molar-refractivity contribution in [1.29, 1.82) is 0 Å². The molecular formula is C19H19NO6. The minimum Gasteiger partial charge on any atom is -0.485 e. The Bertz CT molecular complexity index is 783. The number of hydrogen-bond donors (Lipinski definition) is 2. The molecule has 26 heavy (non-hydrogen) atoms. The Kier molecular flexibility index (Phi) is 6.46. The number of carboxylic acid groups (broad SMARTS) is 1. The van der Waals surface area contributed by atoms with Gasteiger partial charge >= 0.3 is 5.97 Å². The van der Waals surface area contributed by atoms with Gasteiger partial charge in [0.1, 0.15) is 23.3 Å².